The molecule has 0 saturated carbocycles. The third-order valence-corrected chi connectivity index (χ3v) is 3.61. The lowest BCUT2D eigenvalue weighted by Gasteiger charge is -2.15. The van der Waals surface area contributed by atoms with Crippen LogP contribution in [0, 0.1) is 11.3 Å². The fourth-order valence-corrected chi connectivity index (χ4v) is 2.91. The molecule has 1 aromatic carbocycles. The second kappa shape index (κ2) is 3.11. The van der Waals surface area contributed by atoms with E-state index < -0.39 is 0 Å². The highest BCUT2D eigenvalue weighted by Crippen LogP contribution is 2.33. The van der Waals surface area contributed by atoms with Gasteiger partial charge in [-0.05, 0) is 46.5 Å². The molecule has 1 aliphatic heterocycles. The summed E-state index contributed by atoms with van der Waals surface area (Å²) in [6, 6.07) is 6.21. The molecule has 0 unspecified atom stereocenters. The Labute approximate surface area is 96.2 Å². The number of aromatic nitrogens is 1. The zero-order valence-electron chi connectivity index (χ0n) is 8.13. The van der Waals surface area contributed by atoms with E-state index in [1.807, 2.05) is 12.1 Å². The molecule has 0 fully saturated rings. The zero-order valence-corrected chi connectivity index (χ0v) is 9.71. The number of hydrogen-bond donors (Lipinski definition) is 0. The molecule has 2 heterocycles. The summed E-state index contributed by atoms with van der Waals surface area (Å²) in [5, 5.41) is 10.1. The van der Waals surface area contributed by atoms with Crippen LogP contribution in [-0.4, -0.2) is 4.57 Å². The van der Waals surface area contributed by atoms with E-state index in [1.54, 1.807) is 0 Å². The predicted molar refractivity (Wildman–Crippen MR) is 62.7 cm³/mol. The van der Waals surface area contributed by atoms with Gasteiger partial charge in [-0.1, -0.05) is 0 Å². The van der Waals surface area contributed by atoms with E-state index in [0.29, 0.717) is 0 Å². The van der Waals surface area contributed by atoms with E-state index in [0.717, 1.165) is 29.4 Å². The van der Waals surface area contributed by atoms with Crippen molar-refractivity contribution in [3.8, 4) is 6.07 Å². The summed E-state index contributed by atoms with van der Waals surface area (Å²) >= 11 is 3.55. The van der Waals surface area contributed by atoms with Gasteiger partial charge < -0.3 is 4.57 Å². The van der Waals surface area contributed by atoms with Gasteiger partial charge in [-0.2, -0.15) is 5.26 Å². The summed E-state index contributed by atoms with van der Waals surface area (Å²) in [7, 11) is 0. The minimum Gasteiger partial charge on any atom is -0.346 e. The smallest absolute Gasteiger partial charge is 0.0991 e. The van der Waals surface area contributed by atoms with Gasteiger partial charge in [0.15, 0.2) is 0 Å². The van der Waals surface area contributed by atoms with Crippen LogP contribution in [0.25, 0.3) is 10.9 Å². The van der Waals surface area contributed by atoms with E-state index in [1.165, 1.54) is 16.5 Å². The Hall–Kier alpha value is -1.27. The highest BCUT2D eigenvalue weighted by atomic mass is 79.9. The Balaban J connectivity index is 2.47. The van der Waals surface area contributed by atoms with E-state index in [9.17, 15) is 0 Å². The van der Waals surface area contributed by atoms with Crippen LogP contribution in [-0.2, 0) is 13.0 Å². The van der Waals surface area contributed by atoms with Crippen LogP contribution in [0.4, 0.5) is 0 Å². The highest BCUT2D eigenvalue weighted by molar-refractivity contribution is 9.10. The molecule has 2 nitrogen and oxygen atoms in total. The van der Waals surface area contributed by atoms with Crippen molar-refractivity contribution in [1.29, 1.82) is 5.26 Å². The maximum Gasteiger partial charge on any atom is 0.0991 e. The van der Waals surface area contributed by atoms with E-state index in [4.69, 9.17) is 5.26 Å². The van der Waals surface area contributed by atoms with Crippen molar-refractivity contribution < 1.29 is 0 Å². The second-order valence-electron chi connectivity index (χ2n) is 3.92. The molecule has 3 heteroatoms. The first-order valence-electron chi connectivity index (χ1n) is 5.01. The Bertz CT molecular complexity index is 590. The first-order valence-corrected chi connectivity index (χ1v) is 5.80. The maximum atomic E-state index is 8.96. The summed E-state index contributed by atoms with van der Waals surface area (Å²) in [6.45, 7) is 1.08. The SMILES string of the molecule is N#Cc1cc2c3c(c1)c(Br)cn3CCC2. The van der Waals surface area contributed by atoms with Crippen molar-refractivity contribution in [2.75, 3.05) is 0 Å². The maximum absolute atomic E-state index is 8.96. The normalized spacial score (nSPS) is 14.1. The van der Waals surface area contributed by atoms with Gasteiger partial charge in [-0.25, -0.2) is 0 Å². The fraction of sp³-hybridized carbons (Fsp3) is 0.250. The summed E-state index contributed by atoms with van der Waals surface area (Å²) in [5.74, 6) is 0. The van der Waals surface area contributed by atoms with Crippen LogP contribution in [0.5, 0.6) is 0 Å². The number of aryl methyl sites for hydroxylation is 2. The van der Waals surface area contributed by atoms with Crippen LogP contribution in [0.1, 0.15) is 17.5 Å². The average Bonchev–Trinajstić information content (AvgIpc) is 2.58. The fourth-order valence-electron chi connectivity index (χ4n) is 2.36. The van der Waals surface area contributed by atoms with Crippen LogP contribution in [0.2, 0.25) is 0 Å². The molecule has 1 aromatic heterocycles. The first-order chi connectivity index (χ1) is 7.29. The molecule has 0 saturated heterocycles. The molecule has 74 valence electrons. The lowest BCUT2D eigenvalue weighted by atomic mass is 10.0. The number of hydrogen-bond acceptors (Lipinski definition) is 1. The van der Waals surface area contributed by atoms with Crippen molar-refractivity contribution >= 4 is 26.8 Å². The molecule has 0 radical (unpaired) electrons. The van der Waals surface area contributed by atoms with E-state index in [-0.39, 0.29) is 0 Å². The van der Waals surface area contributed by atoms with Crippen molar-refractivity contribution in [3.05, 3.63) is 33.9 Å². The lowest BCUT2D eigenvalue weighted by molar-refractivity contribution is 0.635. The van der Waals surface area contributed by atoms with Gasteiger partial charge in [0, 0.05) is 22.6 Å². The number of rotatable bonds is 0. The molecular weight excluding hydrogens is 252 g/mol. The minimum atomic E-state index is 0.762. The Morgan fingerprint density at radius 2 is 2.27 bits per heavy atom. The molecule has 0 aliphatic carbocycles. The third kappa shape index (κ3) is 1.22. The largest absolute Gasteiger partial charge is 0.346 e. The van der Waals surface area contributed by atoms with Crippen molar-refractivity contribution in [2.24, 2.45) is 0 Å². The molecule has 15 heavy (non-hydrogen) atoms. The van der Waals surface area contributed by atoms with Gasteiger partial charge in [0.2, 0.25) is 0 Å². The molecule has 0 atom stereocenters. The molecule has 2 aromatic rings. The molecule has 0 bridgehead atoms. The van der Waals surface area contributed by atoms with Crippen LogP contribution in [0.3, 0.4) is 0 Å². The molecular formula is C12H9BrN2. The van der Waals surface area contributed by atoms with Crippen LogP contribution < -0.4 is 0 Å². The minimum absolute atomic E-state index is 0.762. The van der Waals surface area contributed by atoms with E-state index >= 15 is 0 Å². The topological polar surface area (TPSA) is 28.7 Å². The van der Waals surface area contributed by atoms with Gasteiger partial charge in [0.05, 0.1) is 17.1 Å². The quantitative estimate of drug-likeness (QED) is 0.715. The van der Waals surface area contributed by atoms with Crippen molar-refractivity contribution in [1.82, 2.24) is 4.57 Å². The molecule has 3 rings (SSSR count). The Morgan fingerprint density at radius 3 is 3.07 bits per heavy atom. The molecule has 1 aliphatic rings. The monoisotopic (exact) mass is 260 g/mol. The second-order valence-corrected chi connectivity index (χ2v) is 4.77. The van der Waals surface area contributed by atoms with Gasteiger partial charge in [0.1, 0.15) is 0 Å². The number of nitriles is 1. The van der Waals surface area contributed by atoms with Crippen molar-refractivity contribution in [2.45, 2.75) is 19.4 Å². The summed E-state index contributed by atoms with van der Waals surface area (Å²) in [4.78, 5) is 0. The van der Waals surface area contributed by atoms with Gasteiger partial charge in [-0.15, -0.1) is 0 Å². The van der Waals surface area contributed by atoms with Crippen LogP contribution >= 0.6 is 15.9 Å². The predicted octanol–water partition coefficient (Wildman–Crippen LogP) is 3.22. The Morgan fingerprint density at radius 1 is 1.40 bits per heavy atom. The lowest BCUT2D eigenvalue weighted by Crippen LogP contribution is -2.06. The van der Waals surface area contributed by atoms with Gasteiger partial charge in [-0.3, -0.25) is 0 Å². The van der Waals surface area contributed by atoms with Crippen LogP contribution in [0.15, 0.2) is 22.8 Å². The van der Waals surface area contributed by atoms with Gasteiger partial charge >= 0.3 is 0 Å². The summed E-state index contributed by atoms with van der Waals surface area (Å²) in [6.07, 6.45) is 4.37. The standard InChI is InChI=1S/C12H9BrN2/c13-11-7-15-3-1-2-9-4-8(6-14)5-10(11)12(9)15/h4-5,7H,1-3H2. The zero-order chi connectivity index (χ0) is 10.4. The third-order valence-electron chi connectivity index (χ3n) is 2.98. The first kappa shape index (κ1) is 8.99. The van der Waals surface area contributed by atoms with Crippen molar-refractivity contribution in [3.63, 3.8) is 0 Å². The van der Waals surface area contributed by atoms with E-state index in [2.05, 4.69) is 32.8 Å². The summed E-state index contributed by atoms with van der Waals surface area (Å²) in [5.41, 5.74) is 3.37. The molecule has 0 amide bonds. The Kier molecular flexibility index (Phi) is 1.86. The molecule has 0 spiro atoms. The number of benzene rings is 1. The van der Waals surface area contributed by atoms with Gasteiger partial charge in [0.25, 0.3) is 0 Å². The highest BCUT2D eigenvalue weighted by Gasteiger charge is 2.15. The average molecular weight is 261 g/mol. The number of nitrogens with zero attached hydrogens (tertiary/aromatic N) is 2. The molecule has 0 N–H and O–H groups in total. The summed E-state index contributed by atoms with van der Waals surface area (Å²) < 4.78 is 3.37. The number of halogens is 1.